The molecule has 1 fully saturated rings. The summed E-state index contributed by atoms with van der Waals surface area (Å²) in [5, 5.41) is 2.93. The molecule has 0 aliphatic carbocycles. The molecule has 0 radical (unpaired) electrons. The predicted molar refractivity (Wildman–Crippen MR) is 99.9 cm³/mol. The number of carbonyl (C=O) groups excluding carboxylic acids is 1. The summed E-state index contributed by atoms with van der Waals surface area (Å²) in [5.74, 6) is 1.03. The van der Waals surface area contributed by atoms with Crippen LogP contribution in [-0.4, -0.2) is 59.8 Å². The standard InChI is InChI=1S/C20H26N4O2/c1-20(2,14-23-9-11-26-12-10-23)19-22-7-8-24(19)16-4-3-15-5-6-21-18(25)17(15)13-16/h3-4,7-8,13H,5-6,9-12,14H2,1-2H3,(H,21,25). The Bertz CT molecular complexity index is 806. The van der Waals surface area contributed by atoms with Gasteiger partial charge in [0.05, 0.1) is 13.2 Å². The van der Waals surface area contributed by atoms with Crippen LogP contribution in [0.2, 0.25) is 0 Å². The van der Waals surface area contributed by atoms with Gasteiger partial charge in [-0.2, -0.15) is 0 Å². The second-order valence-electron chi connectivity index (χ2n) is 7.74. The van der Waals surface area contributed by atoms with E-state index < -0.39 is 0 Å². The van der Waals surface area contributed by atoms with E-state index in [-0.39, 0.29) is 11.3 Å². The first-order chi connectivity index (χ1) is 12.5. The number of benzene rings is 1. The molecule has 0 bridgehead atoms. The second-order valence-corrected chi connectivity index (χ2v) is 7.74. The van der Waals surface area contributed by atoms with Gasteiger partial charge in [-0.25, -0.2) is 4.98 Å². The van der Waals surface area contributed by atoms with Crippen LogP contribution >= 0.6 is 0 Å². The van der Waals surface area contributed by atoms with E-state index in [9.17, 15) is 4.79 Å². The molecule has 0 spiro atoms. The molecule has 0 atom stereocenters. The minimum atomic E-state index is -0.112. The van der Waals surface area contributed by atoms with Gasteiger partial charge in [-0.3, -0.25) is 9.69 Å². The van der Waals surface area contributed by atoms with E-state index in [0.29, 0.717) is 6.54 Å². The predicted octanol–water partition coefficient (Wildman–Crippen LogP) is 1.77. The molecule has 3 heterocycles. The highest BCUT2D eigenvalue weighted by molar-refractivity contribution is 5.97. The van der Waals surface area contributed by atoms with Crippen molar-refractivity contribution < 1.29 is 9.53 Å². The zero-order valence-corrected chi connectivity index (χ0v) is 15.5. The van der Waals surface area contributed by atoms with E-state index >= 15 is 0 Å². The Hall–Kier alpha value is -2.18. The van der Waals surface area contributed by atoms with Gasteiger partial charge in [0.2, 0.25) is 0 Å². The van der Waals surface area contributed by atoms with Crippen molar-refractivity contribution in [1.82, 2.24) is 19.8 Å². The van der Waals surface area contributed by atoms with Gasteiger partial charge in [-0.05, 0) is 24.1 Å². The highest BCUT2D eigenvalue weighted by Gasteiger charge is 2.30. The zero-order valence-electron chi connectivity index (χ0n) is 15.5. The third-order valence-electron chi connectivity index (χ3n) is 5.26. The minimum absolute atomic E-state index is 0.0161. The first-order valence-electron chi connectivity index (χ1n) is 9.30. The first kappa shape index (κ1) is 17.2. The van der Waals surface area contributed by atoms with E-state index in [4.69, 9.17) is 4.74 Å². The lowest BCUT2D eigenvalue weighted by atomic mass is 9.91. The summed E-state index contributed by atoms with van der Waals surface area (Å²) < 4.78 is 7.57. The van der Waals surface area contributed by atoms with Gasteiger partial charge in [-0.1, -0.05) is 19.9 Å². The fourth-order valence-corrected chi connectivity index (χ4v) is 3.95. The van der Waals surface area contributed by atoms with Gasteiger partial charge in [0.25, 0.3) is 5.91 Å². The smallest absolute Gasteiger partial charge is 0.251 e. The fraction of sp³-hybridized carbons (Fsp3) is 0.500. The monoisotopic (exact) mass is 354 g/mol. The van der Waals surface area contributed by atoms with Crippen LogP contribution < -0.4 is 5.32 Å². The summed E-state index contributed by atoms with van der Waals surface area (Å²) in [6.07, 6.45) is 4.72. The van der Waals surface area contributed by atoms with E-state index in [1.807, 2.05) is 18.5 Å². The molecule has 2 aliphatic rings. The highest BCUT2D eigenvalue weighted by Crippen LogP contribution is 2.27. The van der Waals surface area contributed by atoms with Crippen LogP contribution in [0.3, 0.4) is 0 Å². The number of rotatable bonds is 4. The lowest BCUT2D eigenvalue weighted by Gasteiger charge is -2.34. The largest absolute Gasteiger partial charge is 0.379 e. The maximum absolute atomic E-state index is 12.2. The number of fused-ring (bicyclic) bond motifs is 1. The third-order valence-corrected chi connectivity index (χ3v) is 5.26. The number of aromatic nitrogens is 2. The summed E-state index contributed by atoms with van der Waals surface area (Å²) in [4.78, 5) is 19.3. The Kier molecular flexibility index (Phi) is 4.54. The van der Waals surface area contributed by atoms with Crippen molar-refractivity contribution in [1.29, 1.82) is 0 Å². The number of nitrogens with one attached hydrogen (secondary N) is 1. The summed E-state index contributed by atoms with van der Waals surface area (Å²) in [6.45, 7) is 9.62. The summed E-state index contributed by atoms with van der Waals surface area (Å²) >= 11 is 0. The van der Waals surface area contributed by atoms with Gasteiger partial charge in [0.15, 0.2) is 0 Å². The summed E-state index contributed by atoms with van der Waals surface area (Å²) in [5.41, 5.74) is 2.77. The molecular formula is C20H26N4O2. The number of hydrogen-bond donors (Lipinski definition) is 1. The molecule has 1 aromatic carbocycles. The Morgan fingerprint density at radius 3 is 2.88 bits per heavy atom. The molecule has 6 heteroatoms. The Labute approximate surface area is 154 Å². The van der Waals surface area contributed by atoms with Crippen molar-refractivity contribution in [3.05, 3.63) is 47.5 Å². The Morgan fingerprint density at radius 1 is 1.27 bits per heavy atom. The molecule has 6 nitrogen and oxygen atoms in total. The Balaban J connectivity index is 1.64. The van der Waals surface area contributed by atoms with Crippen LogP contribution in [0.1, 0.15) is 35.6 Å². The molecule has 26 heavy (non-hydrogen) atoms. The van der Waals surface area contributed by atoms with Gasteiger partial charge in [-0.15, -0.1) is 0 Å². The fourth-order valence-electron chi connectivity index (χ4n) is 3.95. The Morgan fingerprint density at radius 2 is 2.08 bits per heavy atom. The van der Waals surface area contributed by atoms with Crippen LogP contribution in [-0.2, 0) is 16.6 Å². The molecule has 1 amide bonds. The molecule has 0 unspecified atom stereocenters. The van der Waals surface area contributed by atoms with Gasteiger partial charge in [0.1, 0.15) is 5.82 Å². The molecule has 0 saturated carbocycles. The van der Waals surface area contributed by atoms with Crippen molar-refractivity contribution in [3.8, 4) is 5.69 Å². The number of carbonyl (C=O) groups is 1. The van der Waals surface area contributed by atoms with Crippen LogP contribution in [0.4, 0.5) is 0 Å². The summed E-state index contributed by atoms with van der Waals surface area (Å²) in [6, 6.07) is 6.15. The quantitative estimate of drug-likeness (QED) is 0.909. The second kappa shape index (κ2) is 6.85. The molecular weight excluding hydrogens is 328 g/mol. The number of ether oxygens (including phenoxy) is 1. The van der Waals surface area contributed by atoms with Crippen molar-refractivity contribution in [3.63, 3.8) is 0 Å². The van der Waals surface area contributed by atoms with Crippen LogP contribution in [0.15, 0.2) is 30.6 Å². The van der Waals surface area contributed by atoms with E-state index in [1.54, 1.807) is 0 Å². The van der Waals surface area contributed by atoms with Crippen molar-refractivity contribution >= 4 is 5.91 Å². The van der Waals surface area contributed by atoms with Gasteiger partial charge in [0, 0.05) is 55.2 Å². The number of amides is 1. The molecule has 1 aromatic heterocycles. The van der Waals surface area contributed by atoms with Crippen molar-refractivity contribution in [2.75, 3.05) is 39.4 Å². The molecule has 2 aromatic rings. The average Bonchev–Trinajstić information content (AvgIpc) is 3.13. The lowest BCUT2D eigenvalue weighted by Crippen LogP contribution is -2.44. The minimum Gasteiger partial charge on any atom is -0.379 e. The van der Waals surface area contributed by atoms with E-state index in [2.05, 4.69) is 45.7 Å². The number of morpholine rings is 1. The van der Waals surface area contributed by atoms with E-state index in [0.717, 1.165) is 61.9 Å². The molecule has 2 aliphatic heterocycles. The highest BCUT2D eigenvalue weighted by atomic mass is 16.5. The molecule has 138 valence electrons. The third kappa shape index (κ3) is 3.27. The maximum Gasteiger partial charge on any atom is 0.251 e. The first-order valence-corrected chi connectivity index (χ1v) is 9.30. The van der Waals surface area contributed by atoms with Gasteiger partial charge < -0.3 is 14.6 Å². The molecule has 4 rings (SSSR count). The average molecular weight is 354 g/mol. The van der Waals surface area contributed by atoms with E-state index in [1.165, 1.54) is 0 Å². The number of nitrogens with zero attached hydrogens (tertiary/aromatic N) is 3. The van der Waals surface area contributed by atoms with Gasteiger partial charge >= 0.3 is 0 Å². The van der Waals surface area contributed by atoms with Crippen LogP contribution in [0.5, 0.6) is 0 Å². The normalized spacial score (nSPS) is 18.5. The lowest BCUT2D eigenvalue weighted by molar-refractivity contribution is 0.0288. The topological polar surface area (TPSA) is 59.4 Å². The van der Waals surface area contributed by atoms with Crippen LogP contribution in [0, 0.1) is 0 Å². The molecule has 1 saturated heterocycles. The van der Waals surface area contributed by atoms with Crippen LogP contribution in [0.25, 0.3) is 5.69 Å². The number of imidazole rings is 1. The number of hydrogen-bond acceptors (Lipinski definition) is 4. The van der Waals surface area contributed by atoms with Crippen molar-refractivity contribution in [2.24, 2.45) is 0 Å². The summed E-state index contributed by atoms with van der Waals surface area (Å²) in [7, 11) is 0. The molecule has 1 N–H and O–H groups in total. The zero-order chi connectivity index (χ0) is 18.1. The maximum atomic E-state index is 12.2. The SMILES string of the molecule is CC(C)(CN1CCOCC1)c1nccn1-c1ccc2c(c1)C(=O)NCC2. The van der Waals surface area contributed by atoms with Crippen molar-refractivity contribution in [2.45, 2.75) is 25.7 Å².